The fourth-order valence-electron chi connectivity index (χ4n) is 1.96. The van der Waals surface area contributed by atoms with Gasteiger partial charge in [-0.1, -0.05) is 28.1 Å². The van der Waals surface area contributed by atoms with Crippen molar-refractivity contribution in [2.75, 3.05) is 19.0 Å². The van der Waals surface area contributed by atoms with Crippen LogP contribution < -0.4 is 15.8 Å². The molecule has 0 fully saturated rings. The minimum absolute atomic E-state index is 0.175. The maximum Gasteiger partial charge on any atom is 0.255 e. The van der Waals surface area contributed by atoms with Gasteiger partial charge in [0, 0.05) is 10.0 Å². The normalized spacial score (nSPS) is 10.2. The number of anilines is 1. The Balaban J connectivity index is 2.15. The molecule has 0 radical (unpaired) electrons. The number of benzene rings is 2. The second-order valence-electron chi connectivity index (χ2n) is 4.53. The number of carbonyl (C=O) groups excluding carboxylic acids is 1. The fourth-order valence-corrected chi connectivity index (χ4v) is 2.32. The number of amides is 1. The van der Waals surface area contributed by atoms with Crippen molar-refractivity contribution >= 4 is 27.5 Å². The lowest BCUT2D eigenvalue weighted by molar-refractivity contribution is 0.102. The van der Waals surface area contributed by atoms with Crippen molar-refractivity contribution in [3.8, 4) is 5.75 Å². The number of hydrogen-bond acceptors (Lipinski definition) is 3. The zero-order chi connectivity index (χ0) is 15.2. The highest BCUT2D eigenvalue weighted by molar-refractivity contribution is 9.10. The monoisotopic (exact) mass is 348 g/mol. The van der Waals surface area contributed by atoms with Gasteiger partial charge >= 0.3 is 0 Å². The second-order valence-corrected chi connectivity index (χ2v) is 5.45. The summed E-state index contributed by atoms with van der Waals surface area (Å²) in [5, 5.41) is 2.85. The molecule has 0 saturated heterocycles. The first-order valence-corrected chi connectivity index (χ1v) is 7.37. The summed E-state index contributed by atoms with van der Waals surface area (Å²) < 4.78 is 6.11. The topological polar surface area (TPSA) is 64.3 Å². The van der Waals surface area contributed by atoms with Gasteiger partial charge in [0.15, 0.2) is 0 Å². The third-order valence-corrected chi connectivity index (χ3v) is 3.55. The standard InChI is InChI=1S/C16H17BrN2O2/c1-21-15-7-6-13(17)10-14(15)19-16(20)12-4-2-11(3-5-12)8-9-18/h2-7,10H,8-9,18H2,1H3,(H,19,20). The summed E-state index contributed by atoms with van der Waals surface area (Å²) in [5.41, 5.74) is 7.85. The number of methoxy groups -OCH3 is 1. The first-order chi connectivity index (χ1) is 10.1. The van der Waals surface area contributed by atoms with Crippen LogP contribution in [0.25, 0.3) is 0 Å². The van der Waals surface area contributed by atoms with Crippen molar-refractivity contribution in [2.24, 2.45) is 5.73 Å². The van der Waals surface area contributed by atoms with E-state index in [1.54, 1.807) is 31.4 Å². The van der Waals surface area contributed by atoms with Crippen LogP contribution in [-0.2, 0) is 6.42 Å². The van der Waals surface area contributed by atoms with Gasteiger partial charge in [-0.25, -0.2) is 0 Å². The molecule has 110 valence electrons. The number of rotatable bonds is 5. The maximum atomic E-state index is 12.3. The Labute approximate surface area is 132 Å². The maximum absolute atomic E-state index is 12.3. The SMILES string of the molecule is COc1ccc(Br)cc1NC(=O)c1ccc(CCN)cc1. The Kier molecular flexibility index (Phi) is 5.36. The van der Waals surface area contributed by atoms with E-state index in [2.05, 4.69) is 21.2 Å². The summed E-state index contributed by atoms with van der Waals surface area (Å²) in [6, 6.07) is 12.9. The van der Waals surface area contributed by atoms with Gasteiger partial charge in [0.1, 0.15) is 5.75 Å². The van der Waals surface area contributed by atoms with Gasteiger partial charge in [-0.2, -0.15) is 0 Å². The predicted molar refractivity (Wildman–Crippen MR) is 87.8 cm³/mol. The molecule has 2 rings (SSSR count). The quantitative estimate of drug-likeness (QED) is 0.871. The molecule has 0 aliphatic carbocycles. The van der Waals surface area contributed by atoms with Crippen molar-refractivity contribution < 1.29 is 9.53 Å². The van der Waals surface area contributed by atoms with Crippen LogP contribution in [0.1, 0.15) is 15.9 Å². The molecular weight excluding hydrogens is 332 g/mol. The fraction of sp³-hybridized carbons (Fsp3) is 0.188. The number of nitrogens with two attached hydrogens (primary N) is 1. The van der Waals surface area contributed by atoms with Gasteiger partial charge in [0.05, 0.1) is 12.8 Å². The van der Waals surface area contributed by atoms with Crippen molar-refractivity contribution in [1.29, 1.82) is 0 Å². The number of halogens is 1. The molecule has 21 heavy (non-hydrogen) atoms. The molecule has 0 saturated carbocycles. The van der Waals surface area contributed by atoms with Crippen LogP contribution in [0, 0.1) is 0 Å². The van der Waals surface area contributed by atoms with Gasteiger partial charge in [0.2, 0.25) is 0 Å². The molecule has 3 N–H and O–H groups in total. The lowest BCUT2D eigenvalue weighted by Gasteiger charge is -2.11. The summed E-state index contributed by atoms with van der Waals surface area (Å²) in [5.74, 6) is 0.442. The molecule has 0 unspecified atom stereocenters. The smallest absolute Gasteiger partial charge is 0.255 e. The van der Waals surface area contributed by atoms with E-state index >= 15 is 0 Å². The number of hydrogen-bond donors (Lipinski definition) is 2. The highest BCUT2D eigenvalue weighted by atomic mass is 79.9. The summed E-state index contributed by atoms with van der Waals surface area (Å²) in [4.78, 5) is 12.3. The zero-order valence-corrected chi connectivity index (χ0v) is 13.3. The molecule has 5 heteroatoms. The second kappa shape index (κ2) is 7.24. The van der Waals surface area contributed by atoms with Gasteiger partial charge in [-0.3, -0.25) is 4.79 Å². The highest BCUT2D eigenvalue weighted by Gasteiger charge is 2.10. The third kappa shape index (κ3) is 4.06. The van der Waals surface area contributed by atoms with Crippen molar-refractivity contribution in [3.63, 3.8) is 0 Å². The van der Waals surface area contributed by atoms with Crippen LogP contribution in [0.2, 0.25) is 0 Å². The van der Waals surface area contributed by atoms with E-state index in [4.69, 9.17) is 10.5 Å². The Morgan fingerprint density at radius 2 is 1.95 bits per heavy atom. The summed E-state index contributed by atoms with van der Waals surface area (Å²) >= 11 is 3.38. The van der Waals surface area contributed by atoms with Crippen molar-refractivity contribution in [3.05, 3.63) is 58.1 Å². The summed E-state index contributed by atoms with van der Waals surface area (Å²) in [6.07, 6.45) is 0.807. The Morgan fingerprint density at radius 3 is 2.57 bits per heavy atom. The lowest BCUT2D eigenvalue weighted by Crippen LogP contribution is -2.13. The van der Waals surface area contributed by atoms with Gasteiger partial charge in [-0.05, 0) is 48.9 Å². The Hall–Kier alpha value is -1.85. The molecule has 1 amide bonds. The molecule has 0 heterocycles. The molecule has 0 aliphatic heterocycles. The van der Waals surface area contributed by atoms with Gasteiger partial charge < -0.3 is 15.8 Å². The average Bonchev–Trinajstić information content (AvgIpc) is 2.48. The van der Waals surface area contributed by atoms with Gasteiger partial charge in [0.25, 0.3) is 5.91 Å². The molecule has 4 nitrogen and oxygen atoms in total. The number of nitrogens with one attached hydrogen (secondary N) is 1. The first-order valence-electron chi connectivity index (χ1n) is 6.58. The lowest BCUT2D eigenvalue weighted by atomic mass is 10.1. The van der Waals surface area contributed by atoms with Crippen LogP contribution in [0.4, 0.5) is 5.69 Å². The van der Waals surface area contributed by atoms with E-state index in [1.165, 1.54) is 0 Å². The van der Waals surface area contributed by atoms with Crippen molar-refractivity contribution in [1.82, 2.24) is 0 Å². The number of carbonyl (C=O) groups is 1. The molecular formula is C16H17BrN2O2. The van der Waals surface area contributed by atoms with Crippen LogP contribution >= 0.6 is 15.9 Å². The molecule has 0 aliphatic rings. The first kappa shape index (κ1) is 15.5. The molecule has 0 bridgehead atoms. The molecule has 0 aromatic heterocycles. The van der Waals surface area contributed by atoms with Crippen LogP contribution in [0.15, 0.2) is 46.9 Å². The van der Waals surface area contributed by atoms with E-state index in [9.17, 15) is 4.79 Å². The van der Waals surface area contributed by atoms with E-state index in [-0.39, 0.29) is 5.91 Å². The number of ether oxygens (including phenoxy) is 1. The van der Waals surface area contributed by atoms with E-state index in [0.29, 0.717) is 23.5 Å². The minimum atomic E-state index is -0.175. The minimum Gasteiger partial charge on any atom is -0.495 e. The van der Waals surface area contributed by atoms with Crippen molar-refractivity contribution in [2.45, 2.75) is 6.42 Å². The Morgan fingerprint density at radius 1 is 1.24 bits per heavy atom. The third-order valence-electron chi connectivity index (χ3n) is 3.06. The van der Waals surface area contributed by atoms with E-state index in [0.717, 1.165) is 16.5 Å². The van der Waals surface area contributed by atoms with Gasteiger partial charge in [-0.15, -0.1) is 0 Å². The van der Waals surface area contributed by atoms with Crippen LogP contribution in [0.5, 0.6) is 5.75 Å². The van der Waals surface area contributed by atoms with E-state index in [1.807, 2.05) is 18.2 Å². The summed E-state index contributed by atoms with van der Waals surface area (Å²) in [6.45, 7) is 0.598. The van der Waals surface area contributed by atoms with Crippen LogP contribution in [-0.4, -0.2) is 19.6 Å². The predicted octanol–water partition coefficient (Wildman–Crippen LogP) is 3.21. The summed E-state index contributed by atoms with van der Waals surface area (Å²) in [7, 11) is 1.57. The molecule has 0 spiro atoms. The largest absolute Gasteiger partial charge is 0.495 e. The van der Waals surface area contributed by atoms with E-state index < -0.39 is 0 Å². The zero-order valence-electron chi connectivity index (χ0n) is 11.7. The Bertz CT molecular complexity index is 627. The molecule has 2 aromatic rings. The molecule has 2 aromatic carbocycles. The highest BCUT2D eigenvalue weighted by Crippen LogP contribution is 2.28. The molecule has 0 atom stereocenters. The average molecular weight is 349 g/mol. The van der Waals surface area contributed by atoms with Crippen LogP contribution in [0.3, 0.4) is 0 Å².